The van der Waals surface area contributed by atoms with Gasteiger partial charge in [-0.1, -0.05) is 20.8 Å². The Labute approximate surface area is 217 Å². The van der Waals surface area contributed by atoms with Gasteiger partial charge >= 0.3 is 0 Å². The molecule has 3 aromatic heterocycles. The Bertz CT molecular complexity index is 1240. The highest BCUT2D eigenvalue weighted by atomic mass is 16.7. The summed E-state index contributed by atoms with van der Waals surface area (Å²) in [6, 6.07) is 0. The van der Waals surface area contributed by atoms with Crippen LogP contribution in [0.4, 0.5) is 5.82 Å². The van der Waals surface area contributed by atoms with E-state index < -0.39 is 5.79 Å². The van der Waals surface area contributed by atoms with Gasteiger partial charge in [-0.05, 0) is 46.7 Å². The first-order chi connectivity index (χ1) is 17.5. The van der Waals surface area contributed by atoms with Gasteiger partial charge < -0.3 is 24.5 Å². The van der Waals surface area contributed by atoms with E-state index in [9.17, 15) is 0 Å². The van der Waals surface area contributed by atoms with E-state index in [0.29, 0.717) is 36.3 Å². The summed E-state index contributed by atoms with van der Waals surface area (Å²) in [4.78, 5) is 16.4. The van der Waals surface area contributed by atoms with Gasteiger partial charge in [0.25, 0.3) is 5.89 Å². The average molecular weight is 512 g/mol. The summed E-state index contributed by atoms with van der Waals surface area (Å²) < 4.78 is 19.4. The van der Waals surface area contributed by atoms with Crippen LogP contribution in [0.3, 0.4) is 0 Å². The maximum Gasteiger partial charge on any atom is 0.270 e. The molecule has 12 heteroatoms. The van der Waals surface area contributed by atoms with Crippen molar-refractivity contribution in [2.45, 2.75) is 84.2 Å². The fourth-order valence-electron chi connectivity index (χ4n) is 4.74. The third-order valence-electron chi connectivity index (χ3n) is 6.77. The minimum atomic E-state index is -0.487. The molecule has 0 aliphatic carbocycles. The summed E-state index contributed by atoms with van der Waals surface area (Å²) >= 11 is 0. The number of hydrogen-bond acceptors (Lipinski definition) is 11. The van der Waals surface area contributed by atoms with Gasteiger partial charge in [0, 0.05) is 24.4 Å². The molecule has 3 aromatic rings. The van der Waals surface area contributed by atoms with Gasteiger partial charge in [-0.25, -0.2) is 19.6 Å². The van der Waals surface area contributed by atoms with Crippen LogP contribution in [-0.4, -0.2) is 78.0 Å². The first-order valence-electron chi connectivity index (χ1n) is 13.0. The number of aromatic nitrogens is 7. The number of likely N-dealkylation sites (tertiary alicyclic amines) is 1. The largest absolute Gasteiger partial charge is 0.419 e. The molecule has 2 N–H and O–H groups in total. The first-order valence-corrected chi connectivity index (χ1v) is 13.0. The molecule has 0 bridgehead atoms. The van der Waals surface area contributed by atoms with Crippen molar-refractivity contribution in [3.63, 3.8) is 0 Å². The van der Waals surface area contributed by atoms with Gasteiger partial charge in [0.1, 0.15) is 5.69 Å². The third-order valence-corrected chi connectivity index (χ3v) is 6.77. The zero-order valence-corrected chi connectivity index (χ0v) is 22.6. The maximum atomic E-state index is 6.13. The summed E-state index contributed by atoms with van der Waals surface area (Å²) in [6.45, 7) is 16.1. The number of hydrogen-bond donors (Lipinski definition) is 1. The van der Waals surface area contributed by atoms with Gasteiger partial charge in [0.2, 0.25) is 5.89 Å². The molecular formula is C25H37N9O3. The summed E-state index contributed by atoms with van der Waals surface area (Å²) in [5.74, 6) is 2.27. The second kappa shape index (κ2) is 9.73. The van der Waals surface area contributed by atoms with Crippen LogP contribution in [0.5, 0.6) is 0 Å². The van der Waals surface area contributed by atoms with E-state index in [4.69, 9.17) is 34.7 Å². The molecule has 200 valence electrons. The summed E-state index contributed by atoms with van der Waals surface area (Å²) in [5.41, 5.74) is 6.76. The molecule has 0 unspecified atom stereocenters. The number of nitrogens with two attached hydrogens (primary N) is 1. The molecule has 0 spiro atoms. The number of nitrogens with zero attached hydrogens (tertiary/aromatic N) is 8. The molecule has 0 radical (unpaired) electrons. The predicted octanol–water partition coefficient (Wildman–Crippen LogP) is 3.02. The number of piperidine rings is 1. The number of anilines is 1. The number of ether oxygens (including phenoxy) is 2. The van der Waals surface area contributed by atoms with Gasteiger partial charge in [-0.3, -0.25) is 0 Å². The van der Waals surface area contributed by atoms with Crippen molar-refractivity contribution >= 4 is 5.82 Å². The molecule has 2 aliphatic rings. The van der Waals surface area contributed by atoms with Crippen LogP contribution in [0.1, 0.15) is 72.0 Å². The second-order valence-corrected chi connectivity index (χ2v) is 11.3. The number of nitrogen functional groups attached to an aromatic ring is 1. The smallest absolute Gasteiger partial charge is 0.270 e. The minimum Gasteiger partial charge on any atom is -0.419 e. The van der Waals surface area contributed by atoms with E-state index in [1.165, 1.54) is 0 Å². The number of rotatable bonds is 6. The quantitative estimate of drug-likeness (QED) is 0.521. The van der Waals surface area contributed by atoms with Gasteiger partial charge in [-0.2, -0.15) is 5.10 Å². The Hall–Kier alpha value is -2.96. The molecule has 0 saturated carbocycles. The van der Waals surface area contributed by atoms with Crippen LogP contribution in [-0.2, 0) is 21.4 Å². The zero-order valence-electron chi connectivity index (χ0n) is 22.6. The molecule has 5 heterocycles. The van der Waals surface area contributed by atoms with Crippen molar-refractivity contribution in [1.82, 2.24) is 39.8 Å². The average Bonchev–Trinajstić information content (AvgIpc) is 3.58. The Morgan fingerprint density at radius 2 is 1.89 bits per heavy atom. The highest BCUT2D eigenvalue weighted by molar-refractivity contribution is 5.65. The SMILES string of the molecule is CCn1nc(C2CCN(C[C@H]3COC(C)(C)O3)CC2)nc1-c1cnc(N)c(-c2nnc(C(C)(C)C)o2)n1. The van der Waals surface area contributed by atoms with Crippen LogP contribution in [0.15, 0.2) is 10.6 Å². The van der Waals surface area contributed by atoms with Crippen LogP contribution < -0.4 is 5.73 Å². The fraction of sp³-hybridized carbons (Fsp3) is 0.680. The summed E-state index contributed by atoms with van der Waals surface area (Å²) in [7, 11) is 0. The van der Waals surface area contributed by atoms with E-state index in [1.54, 1.807) is 6.20 Å². The Morgan fingerprint density at radius 3 is 2.51 bits per heavy atom. The summed E-state index contributed by atoms with van der Waals surface area (Å²) in [5, 5.41) is 13.1. The van der Waals surface area contributed by atoms with E-state index in [0.717, 1.165) is 38.3 Å². The molecule has 1 atom stereocenters. The first kappa shape index (κ1) is 25.7. The lowest BCUT2D eigenvalue weighted by molar-refractivity contribution is -0.140. The highest BCUT2D eigenvalue weighted by Crippen LogP contribution is 2.31. The Morgan fingerprint density at radius 1 is 1.14 bits per heavy atom. The molecule has 12 nitrogen and oxygen atoms in total. The minimum absolute atomic E-state index is 0.118. The van der Waals surface area contributed by atoms with Gasteiger partial charge in [0.15, 0.2) is 28.9 Å². The van der Waals surface area contributed by atoms with E-state index in [-0.39, 0.29) is 29.1 Å². The van der Waals surface area contributed by atoms with Crippen molar-refractivity contribution in [3.8, 4) is 23.1 Å². The molecule has 37 heavy (non-hydrogen) atoms. The summed E-state index contributed by atoms with van der Waals surface area (Å²) in [6.07, 6.45) is 3.71. The fourth-order valence-corrected chi connectivity index (χ4v) is 4.74. The topological polar surface area (TPSA) is 143 Å². The predicted molar refractivity (Wildman–Crippen MR) is 136 cm³/mol. The normalized spacial score (nSPS) is 21.1. The standard InChI is InChI=1S/C25H37N9O3/c1-7-34-21(17-12-27-19(26)18(28-17)22-30-31-23(36-22)24(2,3)4)29-20(32-34)15-8-10-33(11-9-15)13-16-14-35-25(5,6)37-16/h12,15-16H,7-11,13-14H2,1-6H3,(H2,26,27)/t16-/m0/s1. The second-order valence-electron chi connectivity index (χ2n) is 11.3. The van der Waals surface area contributed by atoms with Crippen LogP contribution in [0.2, 0.25) is 0 Å². The van der Waals surface area contributed by atoms with Crippen molar-refractivity contribution in [3.05, 3.63) is 17.9 Å². The molecule has 0 aromatic carbocycles. The van der Waals surface area contributed by atoms with Gasteiger partial charge in [-0.15, -0.1) is 10.2 Å². The lowest BCUT2D eigenvalue weighted by Crippen LogP contribution is -2.39. The van der Waals surface area contributed by atoms with Gasteiger partial charge in [0.05, 0.1) is 18.9 Å². The molecule has 2 fully saturated rings. The Kier molecular flexibility index (Phi) is 6.75. The van der Waals surface area contributed by atoms with Crippen LogP contribution >= 0.6 is 0 Å². The van der Waals surface area contributed by atoms with E-state index in [2.05, 4.69) is 20.1 Å². The third kappa shape index (κ3) is 5.51. The molecule has 0 amide bonds. The van der Waals surface area contributed by atoms with Crippen molar-refractivity contribution in [1.29, 1.82) is 0 Å². The van der Waals surface area contributed by atoms with E-state index >= 15 is 0 Å². The zero-order chi connectivity index (χ0) is 26.4. The van der Waals surface area contributed by atoms with Crippen LogP contribution in [0, 0.1) is 0 Å². The molecular weight excluding hydrogens is 474 g/mol. The van der Waals surface area contributed by atoms with Crippen molar-refractivity contribution in [2.24, 2.45) is 0 Å². The van der Waals surface area contributed by atoms with Crippen molar-refractivity contribution in [2.75, 3.05) is 32.0 Å². The Balaban J connectivity index is 1.31. The molecule has 2 saturated heterocycles. The lowest BCUT2D eigenvalue weighted by atomic mass is 9.96. The monoisotopic (exact) mass is 511 g/mol. The maximum absolute atomic E-state index is 6.13. The van der Waals surface area contributed by atoms with Crippen molar-refractivity contribution < 1.29 is 13.9 Å². The van der Waals surface area contributed by atoms with Crippen LogP contribution in [0.25, 0.3) is 23.1 Å². The lowest BCUT2D eigenvalue weighted by Gasteiger charge is -2.32. The van der Waals surface area contributed by atoms with E-state index in [1.807, 2.05) is 46.2 Å². The number of aryl methyl sites for hydroxylation is 1. The molecule has 5 rings (SSSR count). The highest BCUT2D eigenvalue weighted by Gasteiger charge is 2.35. The molecule has 2 aliphatic heterocycles.